The zero-order valence-electron chi connectivity index (χ0n) is 13.1. The fraction of sp³-hybridized carbons (Fsp3) is 0.538. The lowest BCUT2D eigenvalue weighted by atomic mass is 9.93. The summed E-state index contributed by atoms with van der Waals surface area (Å²) in [6.07, 6.45) is 0.961. The molecule has 0 aliphatic carbocycles. The lowest BCUT2D eigenvalue weighted by Crippen LogP contribution is -2.21. The van der Waals surface area contributed by atoms with Gasteiger partial charge >= 0.3 is 5.51 Å². The Morgan fingerprint density at radius 3 is 1.83 bits per heavy atom. The molecule has 11 heteroatoms. The molecule has 0 N–H and O–H groups in total. The fourth-order valence-corrected chi connectivity index (χ4v) is 1.48. The quantitative estimate of drug-likeness (QED) is 0.445. The molecule has 6 nitrogen and oxygen atoms in total. The number of ether oxygens (including phenoxy) is 1. The van der Waals surface area contributed by atoms with Crippen LogP contribution in [0.5, 0.6) is 5.75 Å². The second-order valence-electron chi connectivity index (χ2n) is 5.77. The molecule has 0 saturated heterocycles. The van der Waals surface area contributed by atoms with E-state index in [2.05, 4.69) is 20.8 Å². The molecular formula is C13H17F3O6S2-2. The van der Waals surface area contributed by atoms with E-state index >= 15 is 0 Å². The molecule has 0 aliphatic heterocycles. The van der Waals surface area contributed by atoms with Gasteiger partial charge in [-0.15, -0.1) is 0 Å². The molecule has 1 aromatic rings. The van der Waals surface area contributed by atoms with Crippen molar-refractivity contribution in [1.29, 1.82) is 0 Å². The maximum Gasteiger partial charge on any atom is 0.485 e. The Morgan fingerprint density at radius 1 is 1.12 bits per heavy atom. The van der Waals surface area contributed by atoms with Crippen LogP contribution in [0.4, 0.5) is 13.2 Å². The Balaban J connectivity index is 0.000000561. The van der Waals surface area contributed by atoms with Crippen molar-refractivity contribution in [3.8, 4) is 5.75 Å². The third-order valence-corrected chi connectivity index (χ3v) is 3.64. The molecule has 0 saturated carbocycles. The average Bonchev–Trinajstić information content (AvgIpc) is 2.36. The minimum absolute atomic E-state index is 0.246. The van der Waals surface area contributed by atoms with Crippen LogP contribution in [0.2, 0.25) is 0 Å². The van der Waals surface area contributed by atoms with Gasteiger partial charge in [-0.25, -0.2) is 8.42 Å². The van der Waals surface area contributed by atoms with Crippen LogP contribution in [-0.4, -0.2) is 33.8 Å². The van der Waals surface area contributed by atoms with E-state index in [9.17, 15) is 21.9 Å². The Morgan fingerprint density at radius 2 is 1.54 bits per heavy atom. The lowest BCUT2D eigenvalue weighted by molar-refractivity contribution is -0.0517. The molecule has 1 rings (SSSR count). The summed E-state index contributed by atoms with van der Waals surface area (Å²) >= 11 is -2.16. The van der Waals surface area contributed by atoms with Crippen molar-refractivity contribution in [3.63, 3.8) is 0 Å². The first-order valence-electron chi connectivity index (χ1n) is 6.48. The van der Waals surface area contributed by atoms with Crippen molar-refractivity contribution in [3.05, 3.63) is 24.3 Å². The van der Waals surface area contributed by atoms with Crippen molar-refractivity contribution < 1.29 is 39.6 Å². The van der Waals surface area contributed by atoms with Gasteiger partial charge in [0.15, 0.2) is 10.1 Å². The van der Waals surface area contributed by atoms with Gasteiger partial charge in [-0.1, -0.05) is 20.8 Å². The normalized spacial score (nSPS) is 13.7. The largest absolute Gasteiger partial charge is 0.768 e. The van der Waals surface area contributed by atoms with E-state index in [0.717, 1.165) is 6.42 Å². The van der Waals surface area contributed by atoms with Gasteiger partial charge in [-0.05, 0) is 47.2 Å². The molecule has 0 radical (unpaired) electrons. The van der Waals surface area contributed by atoms with Crippen LogP contribution in [0.25, 0.3) is 0 Å². The van der Waals surface area contributed by atoms with E-state index in [0.29, 0.717) is 12.4 Å². The number of rotatable bonds is 4. The number of hydrogen-bond acceptors (Lipinski definition) is 6. The standard InChI is InChI=1S/C12H18O3S.CHF3O3S/c1-12(2,3)8-9-15-10-4-6-11(7-5-10)16(13)14;2-1(3,4)8(5,6)7/h4-7H,8-9H2,1-3H3,(H,13,14);(H,5,6,7)/p-2. The highest BCUT2D eigenvalue weighted by Crippen LogP contribution is 2.21. The molecule has 24 heavy (non-hydrogen) atoms. The highest BCUT2D eigenvalue weighted by molar-refractivity contribution is 7.86. The number of alkyl halides is 3. The van der Waals surface area contributed by atoms with Crippen LogP contribution in [0.15, 0.2) is 29.2 Å². The van der Waals surface area contributed by atoms with Gasteiger partial charge in [0, 0.05) is 4.90 Å². The van der Waals surface area contributed by atoms with Crippen LogP contribution in [0, 0.1) is 5.41 Å². The van der Waals surface area contributed by atoms with Gasteiger partial charge in [-0.2, -0.15) is 13.2 Å². The first-order valence-corrected chi connectivity index (χ1v) is 8.96. The summed E-state index contributed by atoms with van der Waals surface area (Å²) in [7, 11) is -6.09. The van der Waals surface area contributed by atoms with Crippen LogP contribution in [0.3, 0.4) is 0 Å². The fourth-order valence-electron chi connectivity index (χ4n) is 1.12. The predicted octanol–water partition coefficient (Wildman–Crippen LogP) is 2.79. The lowest BCUT2D eigenvalue weighted by Gasteiger charge is -2.18. The third-order valence-electron chi connectivity index (χ3n) is 2.42. The Labute approximate surface area is 141 Å². The number of halogens is 3. The molecule has 0 aromatic heterocycles. The predicted molar refractivity (Wildman–Crippen MR) is 78.9 cm³/mol. The Hall–Kier alpha value is -1.17. The molecule has 1 unspecified atom stereocenters. The first kappa shape index (κ1) is 22.8. The highest BCUT2D eigenvalue weighted by atomic mass is 32.2. The van der Waals surface area contributed by atoms with Crippen molar-refractivity contribution in [2.75, 3.05) is 6.61 Å². The Bertz CT molecular complexity index is 633. The van der Waals surface area contributed by atoms with Crippen LogP contribution in [0.1, 0.15) is 27.2 Å². The van der Waals surface area contributed by atoms with Crippen molar-refractivity contribution in [2.24, 2.45) is 5.41 Å². The van der Waals surface area contributed by atoms with E-state index in [4.69, 9.17) is 17.7 Å². The molecule has 0 bridgehead atoms. The van der Waals surface area contributed by atoms with Crippen LogP contribution in [-0.2, 0) is 21.2 Å². The smallest absolute Gasteiger partial charge is 0.485 e. The van der Waals surface area contributed by atoms with Gasteiger partial charge in [0.25, 0.3) is 0 Å². The van der Waals surface area contributed by atoms with Crippen molar-refractivity contribution >= 4 is 21.2 Å². The molecule has 140 valence electrons. The molecule has 0 spiro atoms. The summed E-state index contributed by atoms with van der Waals surface area (Å²) in [5.74, 6) is 0.707. The average molecular weight is 390 g/mol. The second kappa shape index (κ2) is 8.79. The van der Waals surface area contributed by atoms with Gasteiger partial charge in [0.1, 0.15) is 5.75 Å². The van der Waals surface area contributed by atoms with Gasteiger partial charge in [-0.3, -0.25) is 4.21 Å². The summed E-state index contributed by atoms with van der Waals surface area (Å²) in [6.45, 7) is 7.10. The van der Waals surface area contributed by atoms with Crippen LogP contribution < -0.4 is 4.74 Å². The van der Waals surface area contributed by atoms with Crippen LogP contribution >= 0.6 is 0 Å². The van der Waals surface area contributed by atoms with E-state index < -0.39 is 26.7 Å². The van der Waals surface area contributed by atoms with Crippen molar-refractivity contribution in [2.45, 2.75) is 37.6 Å². The van der Waals surface area contributed by atoms with Gasteiger partial charge < -0.3 is 13.8 Å². The monoisotopic (exact) mass is 390 g/mol. The molecular weight excluding hydrogens is 373 g/mol. The highest BCUT2D eigenvalue weighted by Gasteiger charge is 2.36. The minimum atomic E-state index is -6.09. The third kappa shape index (κ3) is 9.85. The molecule has 0 aliphatic rings. The molecule has 0 amide bonds. The second-order valence-corrected chi connectivity index (χ2v) is 8.08. The maximum atomic E-state index is 10.7. The zero-order chi connectivity index (χ0) is 19.2. The summed E-state index contributed by atoms with van der Waals surface area (Å²) < 4.78 is 85.7. The molecule has 0 fully saturated rings. The molecule has 1 atom stereocenters. The maximum absolute atomic E-state index is 10.7. The van der Waals surface area contributed by atoms with Gasteiger partial charge in [0.2, 0.25) is 0 Å². The topological polar surface area (TPSA) is 107 Å². The zero-order valence-corrected chi connectivity index (χ0v) is 14.8. The SMILES string of the molecule is CC(C)(C)CCOc1ccc(S(=O)[O-])cc1.O=S(=O)([O-])C(F)(F)F. The molecule has 1 aromatic carbocycles. The Kier molecular flexibility index (Phi) is 8.36. The molecule has 0 heterocycles. The summed E-state index contributed by atoms with van der Waals surface area (Å²) in [5.41, 5.74) is -5.40. The number of hydrogen-bond donors (Lipinski definition) is 0. The van der Waals surface area contributed by atoms with E-state index in [1.54, 1.807) is 12.1 Å². The minimum Gasteiger partial charge on any atom is -0.768 e. The van der Waals surface area contributed by atoms with Gasteiger partial charge in [0.05, 0.1) is 6.61 Å². The van der Waals surface area contributed by atoms with Crippen molar-refractivity contribution in [1.82, 2.24) is 0 Å². The van der Waals surface area contributed by atoms with E-state index in [-0.39, 0.29) is 10.3 Å². The summed E-state index contributed by atoms with van der Waals surface area (Å²) in [5, 5.41) is 0. The number of benzene rings is 1. The summed E-state index contributed by atoms with van der Waals surface area (Å²) in [4.78, 5) is 0.281. The first-order chi connectivity index (χ1) is 10.6. The van der Waals surface area contributed by atoms with E-state index in [1.165, 1.54) is 12.1 Å². The van der Waals surface area contributed by atoms with E-state index in [1.807, 2.05) is 0 Å². The summed E-state index contributed by atoms with van der Waals surface area (Å²) in [6, 6.07) is 6.42.